The summed E-state index contributed by atoms with van der Waals surface area (Å²) in [5.41, 5.74) is 0. The molecule has 3 unspecified atom stereocenters. The van der Waals surface area contributed by atoms with Crippen molar-refractivity contribution in [1.29, 1.82) is 0 Å². The van der Waals surface area contributed by atoms with Gasteiger partial charge in [-0.15, -0.1) is 0 Å². The molecule has 1 saturated heterocycles. The topological polar surface area (TPSA) is 70.2 Å². The van der Waals surface area contributed by atoms with E-state index in [4.69, 9.17) is 0 Å². The molecular formula is C12H21N3O2S. The lowest BCUT2D eigenvalue weighted by Crippen LogP contribution is -2.59. The molecule has 3 N–H and O–H groups in total. The third-order valence-electron chi connectivity index (χ3n) is 3.63. The molecule has 102 valence electrons. The highest BCUT2D eigenvalue weighted by Crippen LogP contribution is 2.26. The van der Waals surface area contributed by atoms with Crippen molar-refractivity contribution in [2.24, 2.45) is 0 Å². The number of rotatable bonds is 3. The summed E-state index contributed by atoms with van der Waals surface area (Å²) in [5, 5.41) is 9.43. The zero-order chi connectivity index (χ0) is 13.0. The molecule has 1 heterocycles. The summed E-state index contributed by atoms with van der Waals surface area (Å²) in [6, 6.07) is 0.0143. The van der Waals surface area contributed by atoms with Gasteiger partial charge >= 0.3 is 0 Å². The first kappa shape index (κ1) is 13.7. The fourth-order valence-corrected chi connectivity index (χ4v) is 3.37. The highest BCUT2D eigenvalue weighted by Gasteiger charge is 2.27. The lowest BCUT2D eigenvalue weighted by atomic mass is 9.94. The molecule has 0 spiro atoms. The largest absolute Gasteiger partial charge is 0.353 e. The SMILES string of the molecule is CSC1CCCC(NC(=O)C2CNC(=O)CN2)C1. The molecule has 18 heavy (non-hydrogen) atoms. The van der Waals surface area contributed by atoms with Crippen LogP contribution in [0.4, 0.5) is 0 Å². The van der Waals surface area contributed by atoms with E-state index in [0.717, 1.165) is 12.8 Å². The van der Waals surface area contributed by atoms with Gasteiger partial charge in [-0.3, -0.25) is 14.9 Å². The van der Waals surface area contributed by atoms with Crippen molar-refractivity contribution < 1.29 is 9.59 Å². The molecule has 1 saturated carbocycles. The molecule has 5 nitrogen and oxygen atoms in total. The monoisotopic (exact) mass is 271 g/mol. The Balaban J connectivity index is 1.78. The van der Waals surface area contributed by atoms with Crippen molar-refractivity contribution >= 4 is 23.6 Å². The number of carbonyl (C=O) groups is 2. The van der Waals surface area contributed by atoms with E-state index in [1.165, 1.54) is 12.8 Å². The molecule has 2 rings (SSSR count). The third-order valence-corrected chi connectivity index (χ3v) is 4.73. The molecule has 0 radical (unpaired) electrons. The van der Waals surface area contributed by atoms with Gasteiger partial charge in [-0.25, -0.2) is 0 Å². The van der Waals surface area contributed by atoms with Crippen LogP contribution in [0.15, 0.2) is 0 Å². The van der Waals surface area contributed by atoms with Crippen LogP contribution in [0.3, 0.4) is 0 Å². The van der Waals surface area contributed by atoms with Gasteiger partial charge in [-0.2, -0.15) is 11.8 Å². The van der Waals surface area contributed by atoms with Crippen LogP contribution in [0.2, 0.25) is 0 Å². The van der Waals surface area contributed by atoms with Crippen molar-refractivity contribution in [3.8, 4) is 0 Å². The predicted molar refractivity (Wildman–Crippen MR) is 72.5 cm³/mol. The van der Waals surface area contributed by atoms with Gasteiger partial charge in [0.25, 0.3) is 0 Å². The van der Waals surface area contributed by atoms with E-state index >= 15 is 0 Å². The van der Waals surface area contributed by atoms with Gasteiger partial charge in [0.2, 0.25) is 11.8 Å². The Kier molecular flexibility index (Phi) is 4.88. The second kappa shape index (κ2) is 6.43. The highest BCUT2D eigenvalue weighted by atomic mass is 32.2. The number of hydrogen-bond acceptors (Lipinski definition) is 4. The molecule has 0 aromatic carbocycles. The molecule has 1 aliphatic heterocycles. The summed E-state index contributed by atoms with van der Waals surface area (Å²) in [4.78, 5) is 23.0. The summed E-state index contributed by atoms with van der Waals surface area (Å²) >= 11 is 1.89. The van der Waals surface area contributed by atoms with E-state index < -0.39 is 0 Å². The summed E-state index contributed by atoms with van der Waals surface area (Å²) in [5.74, 6) is -0.0269. The van der Waals surface area contributed by atoms with E-state index in [0.29, 0.717) is 17.8 Å². The average molecular weight is 271 g/mol. The molecule has 0 aromatic rings. The van der Waals surface area contributed by atoms with Crippen LogP contribution in [-0.2, 0) is 9.59 Å². The number of nitrogens with one attached hydrogen (secondary N) is 3. The molecule has 2 fully saturated rings. The van der Waals surface area contributed by atoms with E-state index in [-0.39, 0.29) is 24.4 Å². The Bertz CT molecular complexity index is 314. The molecule has 3 atom stereocenters. The van der Waals surface area contributed by atoms with Gasteiger partial charge in [-0.05, 0) is 25.5 Å². The minimum atomic E-state index is -0.280. The number of piperazine rings is 1. The van der Waals surface area contributed by atoms with Crippen molar-refractivity contribution in [2.75, 3.05) is 19.3 Å². The normalized spacial score (nSPS) is 32.7. The maximum atomic E-state index is 12.0. The lowest BCUT2D eigenvalue weighted by molar-refractivity contribution is -0.127. The number of thioether (sulfide) groups is 1. The lowest BCUT2D eigenvalue weighted by Gasteiger charge is -2.31. The van der Waals surface area contributed by atoms with Gasteiger partial charge < -0.3 is 10.6 Å². The van der Waals surface area contributed by atoms with Crippen LogP contribution in [0.1, 0.15) is 25.7 Å². The second-order valence-electron chi connectivity index (χ2n) is 4.97. The summed E-state index contributed by atoms with van der Waals surface area (Å²) in [7, 11) is 0. The van der Waals surface area contributed by atoms with Gasteiger partial charge in [0.15, 0.2) is 0 Å². The molecule has 6 heteroatoms. The second-order valence-corrected chi connectivity index (χ2v) is 6.11. The highest BCUT2D eigenvalue weighted by molar-refractivity contribution is 7.99. The smallest absolute Gasteiger partial charge is 0.239 e. The van der Waals surface area contributed by atoms with E-state index in [2.05, 4.69) is 22.2 Å². The quantitative estimate of drug-likeness (QED) is 0.668. The standard InChI is InChI=1S/C12H21N3O2S/c1-18-9-4-2-3-8(5-9)15-12(17)10-6-14-11(16)7-13-10/h8-10,13H,2-7H2,1H3,(H,14,16)(H,15,17). The Morgan fingerprint density at radius 3 is 2.94 bits per heavy atom. The predicted octanol–water partition coefficient (Wildman–Crippen LogP) is -0.135. The first-order valence-corrected chi connectivity index (χ1v) is 7.81. The molecule has 0 bridgehead atoms. The van der Waals surface area contributed by atoms with E-state index in [9.17, 15) is 9.59 Å². The van der Waals surface area contributed by atoms with Gasteiger partial charge in [-0.1, -0.05) is 6.42 Å². The first-order chi connectivity index (χ1) is 8.69. The maximum Gasteiger partial charge on any atom is 0.239 e. The van der Waals surface area contributed by atoms with Crippen molar-refractivity contribution in [3.05, 3.63) is 0 Å². The zero-order valence-electron chi connectivity index (χ0n) is 10.7. The molecule has 2 aliphatic rings. The van der Waals surface area contributed by atoms with Gasteiger partial charge in [0, 0.05) is 17.8 Å². The Hall–Kier alpha value is -0.750. The summed E-state index contributed by atoms with van der Waals surface area (Å²) in [6.45, 7) is 0.625. The van der Waals surface area contributed by atoms with Gasteiger partial charge in [0.05, 0.1) is 6.54 Å². The van der Waals surface area contributed by atoms with Crippen LogP contribution in [0.25, 0.3) is 0 Å². The van der Waals surface area contributed by atoms with Crippen molar-refractivity contribution in [3.63, 3.8) is 0 Å². The minimum absolute atomic E-state index is 0.0155. The third kappa shape index (κ3) is 3.62. The molecule has 2 amide bonds. The van der Waals surface area contributed by atoms with E-state index in [1.54, 1.807) is 0 Å². The minimum Gasteiger partial charge on any atom is -0.353 e. The van der Waals surface area contributed by atoms with Crippen LogP contribution in [0, 0.1) is 0 Å². The average Bonchev–Trinajstić information content (AvgIpc) is 2.39. The number of carbonyl (C=O) groups excluding carboxylic acids is 2. The van der Waals surface area contributed by atoms with Crippen LogP contribution < -0.4 is 16.0 Å². The van der Waals surface area contributed by atoms with Gasteiger partial charge in [0.1, 0.15) is 6.04 Å². The summed E-state index contributed by atoms with van der Waals surface area (Å²) in [6.07, 6.45) is 6.71. The Morgan fingerprint density at radius 2 is 2.28 bits per heavy atom. The number of amides is 2. The number of hydrogen-bond donors (Lipinski definition) is 3. The van der Waals surface area contributed by atoms with E-state index in [1.807, 2.05) is 11.8 Å². The Labute approximate surface area is 112 Å². The molecular weight excluding hydrogens is 250 g/mol. The zero-order valence-corrected chi connectivity index (χ0v) is 11.5. The van der Waals surface area contributed by atoms with Crippen LogP contribution in [-0.4, -0.2) is 48.5 Å². The molecule has 0 aromatic heterocycles. The maximum absolute atomic E-state index is 12.0. The molecule has 1 aliphatic carbocycles. The Morgan fingerprint density at radius 1 is 1.44 bits per heavy atom. The first-order valence-electron chi connectivity index (χ1n) is 6.52. The fourth-order valence-electron chi connectivity index (χ4n) is 2.54. The summed E-state index contributed by atoms with van der Waals surface area (Å²) < 4.78 is 0. The van der Waals surface area contributed by atoms with Crippen LogP contribution in [0.5, 0.6) is 0 Å². The van der Waals surface area contributed by atoms with Crippen molar-refractivity contribution in [2.45, 2.75) is 43.0 Å². The fraction of sp³-hybridized carbons (Fsp3) is 0.833. The van der Waals surface area contributed by atoms with Crippen LogP contribution >= 0.6 is 11.8 Å². The van der Waals surface area contributed by atoms with Crippen molar-refractivity contribution in [1.82, 2.24) is 16.0 Å².